The highest BCUT2D eigenvalue weighted by Crippen LogP contribution is 2.29. The summed E-state index contributed by atoms with van der Waals surface area (Å²) < 4.78 is 0. The largest absolute Gasteiger partial charge is 0.393 e. The van der Waals surface area contributed by atoms with Crippen LogP contribution in [0, 0.1) is 10.8 Å². The monoisotopic (exact) mass is 213 g/mol. The van der Waals surface area contributed by atoms with E-state index in [-0.39, 0.29) is 11.5 Å². The molecule has 1 heterocycles. The van der Waals surface area contributed by atoms with Crippen molar-refractivity contribution in [3.05, 3.63) is 0 Å². The van der Waals surface area contributed by atoms with Gasteiger partial charge in [0.25, 0.3) is 0 Å². The molecule has 0 aromatic rings. The molecule has 1 rings (SSSR count). The van der Waals surface area contributed by atoms with Crippen LogP contribution in [0.25, 0.3) is 0 Å². The molecule has 0 aromatic carbocycles. The van der Waals surface area contributed by atoms with Crippen LogP contribution in [0.4, 0.5) is 0 Å². The lowest BCUT2D eigenvalue weighted by Gasteiger charge is -2.28. The first-order chi connectivity index (χ1) is 6.71. The number of hydrogen-bond acceptors (Lipinski definition) is 2. The summed E-state index contributed by atoms with van der Waals surface area (Å²) in [5.41, 5.74) is 0.502. The van der Waals surface area contributed by atoms with Crippen LogP contribution in [0.2, 0.25) is 0 Å². The van der Waals surface area contributed by atoms with Gasteiger partial charge in [-0.2, -0.15) is 0 Å². The van der Waals surface area contributed by atoms with E-state index >= 15 is 0 Å². The van der Waals surface area contributed by atoms with Gasteiger partial charge in [-0.15, -0.1) is 0 Å². The highest BCUT2D eigenvalue weighted by molar-refractivity contribution is 4.83. The number of likely N-dealkylation sites (tertiary alicyclic amines) is 1. The molecule has 0 aromatic heterocycles. The minimum atomic E-state index is -0.179. The van der Waals surface area contributed by atoms with E-state index < -0.39 is 0 Å². The van der Waals surface area contributed by atoms with Gasteiger partial charge in [-0.25, -0.2) is 0 Å². The molecule has 1 atom stereocenters. The van der Waals surface area contributed by atoms with E-state index in [1.807, 2.05) is 0 Å². The molecule has 1 fully saturated rings. The second-order valence-corrected chi connectivity index (χ2v) is 6.86. The molecule has 0 aliphatic carbocycles. The third-order valence-corrected chi connectivity index (χ3v) is 3.47. The van der Waals surface area contributed by atoms with Crippen molar-refractivity contribution in [1.29, 1.82) is 0 Å². The third kappa shape index (κ3) is 4.12. The highest BCUT2D eigenvalue weighted by Gasteiger charge is 2.30. The van der Waals surface area contributed by atoms with E-state index in [9.17, 15) is 5.11 Å². The van der Waals surface area contributed by atoms with Crippen LogP contribution in [-0.2, 0) is 0 Å². The molecule has 0 bridgehead atoms. The van der Waals surface area contributed by atoms with Crippen molar-refractivity contribution in [2.24, 2.45) is 10.8 Å². The normalized spacial score (nSPS) is 24.4. The predicted molar refractivity (Wildman–Crippen MR) is 64.9 cm³/mol. The molecular formula is C13H27NO. The predicted octanol–water partition coefficient (Wildman–Crippen LogP) is 2.52. The Labute approximate surface area is 94.7 Å². The standard InChI is InChI=1S/C13H27NO/c1-12(2,3)11(15)6-8-14-9-7-13(4,5)10-14/h11,15H,6-10H2,1-5H3. The highest BCUT2D eigenvalue weighted by atomic mass is 16.3. The maximum atomic E-state index is 9.95. The van der Waals surface area contributed by atoms with Crippen LogP contribution >= 0.6 is 0 Å². The maximum Gasteiger partial charge on any atom is 0.0600 e. The van der Waals surface area contributed by atoms with Gasteiger partial charge < -0.3 is 10.0 Å². The molecule has 1 N–H and O–H groups in total. The zero-order valence-corrected chi connectivity index (χ0v) is 11.0. The Bertz CT molecular complexity index is 205. The lowest BCUT2D eigenvalue weighted by atomic mass is 9.87. The van der Waals surface area contributed by atoms with Crippen LogP contribution in [0.15, 0.2) is 0 Å². The molecular weight excluding hydrogens is 186 g/mol. The summed E-state index contributed by atoms with van der Waals surface area (Å²) in [5.74, 6) is 0. The fourth-order valence-electron chi connectivity index (χ4n) is 2.15. The summed E-state index contributed by atoms with van der Waals surface area (Å²) in [7, 11) is 0. The van der Waals surface area contributed by atoms with Gasteiger partial charge in [0.15, 0.2) is 0 Å². The first kappa shape index (κ1) is 13.0. The fraction of sp³-hybridized carbons (Fsp3) is 1.00. The third-order valence-electron chi connectivity index (χ3n) is 3.47. The first-order valence-electron chi connectivity index (χ1n) is 6.11. The zero-order chi connectivity index (χ0) is 11.7. The average molecular weight is 213 g/mol. The lowest BCUT2D eigenvalue weighted by molar-refractivity contribution is 0.0470. The minimum absolute atomic E-state index is 0.0231. The summed E-state index contributed by atoms with van der Waals surface area (Å²) in [6.45, 7) is 14.4. The van der Waals surface area contributed by atoms with E-state index in [1.54, 1.807) is 0 Å². The molecule has 0 saturated carbocycles. The molecule has 1 aliphatic heterocycles. The molecule has 0 radical (unpaired) electrons. The van der Waals surface area contributed by atoms with Crippen LogP contribution in [-0.4, -0.2) is 35.7 Å². The molecule has 2 nitrogen and oxygen atoms in total. The summed E-state index contributed by atoms with van der Waals surface area (Å²) in [6.07, 6.45) is 2.01. The van der Waals surface area contributed by atoms with Gasteiger partial charge in [0.2, 0.25) is 0 Å². The average Bonchev–Trinajstić information content (AvgIpc) is 2.39. The Balaban J connectivity index is 2.27. The fourth-order valence-corrected chi connectivity index (χ4v) is 2.15. The van der Waals surface area contributed by atoms with Crippen molar-refractivity contribution in [1.82, 2.24) is 4.90 Å². The summed E-state index contributed by atoms with van der Waals surface area (Å²) in [6, 6.07) is 0. The molecule has 90 valence electrons. The lowest BCUT2D eigenvalue weighted by Crippen LogP contribution is -2.32. The molecule has 15 heavy (non-hydrogen) atoms. The van der Waals surface area contributed by atoms with E-state index in [4.69, 9.17) is 0 Å². The van der Waals surface area contributed by atoms with Crippen LogP contribution < -0.4 is 0 Å². The van der Waals surface area contributed by atoms with Gasteiger partial charge in [0.1, 0.15) is 0 Å². The van der Waals surface area contributed by atoms with Crippen molar-refractivity contribution in [2.75, 3.05) is 19.6 Å². The number of aliphatic hydroxyl groups excluding tert-OH is 1. The molecule has 1 aliphatic rings. The van der Waals surface area contributed by atoms with E-state index in [1.165, 1.54) is 19.5 Å². The molecule has 2 heteroatoms. The van der Waals surface area contributed by atoms with Gasteiger partial charge in [0.05, 0.1) is 6.10 Å². The van der Waals surface area contributed by atoms with Crippen molar-refractivity contribution in [3.63, 3.8) is 0 Å². The SMILES string of the molecule is CC1(C)CCN(CCC(O)C(C)(C)C)C1. The van der Waals surface area contributed by atoms with E-state index in [0.717, 1.165) is 13.0 Å². The van der Waals surface area contributed by atoms with Crippen molar-refractivity contribution >= 4 is 0 Å². The maximum absolute atomic E-state index is 9.95. The van der Waals surface area contributed by atoms with E-state index in [0.29, 0.717) is 5.41 Å². The second kappa shape index (κ2) is 4.42. The molecule has 1 saturated heterocycles. The Morgan fingerprint density at radius 3 is 2.33 bits per heavy atom. The number of aliphatic hydroxyl groups is 1. The zero-order valence-electron chi connectivity index (χ0n) is 11.0. The van der Waals surface area contributed by atoms with Gasteiger partial charge >= 0.3 is 0 Å². The van der Waals surface area contributed by atoms with Crippen molar-refractivity contribution < 1.29 is 5.11 Å². The van der Waals surface area contributed by atoms with Gasteiger partial charge in [-0.1, -0.05) is 34.6 Å². The van der Waals surface area contributed by atoms with E-state index in [2.05, 4.69) is 39.5 Å². The van der Waals surface area contributed by atoms with Gasteiger partial charge in [-0.3, -0.25) is 0 Å². The number of nitrogens with zero attached hydrogens (tertiary/aromatic N) is 1. The first-order valence-corrected chi connectivity index (χ1v) is 6.11. The van der Waals surface area contributed by atoms with Crippen LogP contribution in [0.1, 0.15) is 47.5 Å². The quantitative estimate of drug-likeness (QED) is 0.778. The van der Waals surface area contributed by atoms with Gasteiger partial charge in [-0.05, 0) is 30.2 Å². The topological polar surface area (TPSA) is 23.5 Å². The van der Waals surface area contributed by atoms with Crippen molar-refractivity contribution in [3.8, 4) is 0 Å². The Morgan fingerprint density at radius 1 is 1.33 bits per heavy atom. The molecule has 0 amide bonds. The Kier molecular flexibility index (Phi) is 3.83. The van der Waals surface area contributed by atoms with Crippen molar-refractivity contribution in [2.45, 2.75) is 53.6 Å². The number of hydrogen-bond donors (Lipinski definition) is 1. The Morgan fingerprint density at radius 2 is 1.93 bits per heavy atom. The van der Waals surface area contributed by atoms with Crippen LogP contribution in [0.5, 0.6) is 0 Å². The molecule has 1 unspecified atom stereocenters. The minimum Gasteiger partial charge on any atom is -0.393 e. The summed E-state index contributed by atoms with van der Waals surface area (Å²) >= 11 is 0. The number of rotatable bonds is 3. The summed E-state index contributed by atoms with van der Waals surface area (Å²) in [4.78, 5) is 2.48. The summed E-state index contributed by atoms with van der Waals surface area (Å²) in [5, 5.41) is 9.95. The van der Waals surface area contributed by atoms with Gasteiger partial charge in [0, 0.05) is 13.1 Å². The smallest absolute Gasteiger partial charge is 0.0600 e. The molecule has 0 spiro atoms. The second-order valence-electron chi connectivity index (χ2n) is 6.86. The van der Waals surface area contributed by atoms with Crippen LogP contribution in [0.3, 0.4) is 0 Å². The Hall–Kier alpha value is -0.0800.